The van der Waals surface area contributed by atoms with Crippen molar-refractivity contribution in [2.45, 2.75) is 18.9 Å². The summed E-state index contributed by atoms with van der Waals surface area (Å²) in [5, 5.41) is 8.74. The Bertz CT molecular complexity index is 433. The van der Waals surface area contributed by atoms with E-state index in [0.29, 0.717) is 12.0 Å². The molecule has 0 unspecified atom stereocenters. The predicted molar refractivity (Wildman–Crippen MR) is 59.5 cm³/mol. The van der Waals surface area contributed by atoms with Crippen LogP contribution in [0.2, 0.25) is 0 Å². The monoisotopic (exact) mass is 218 g/mol. The van der Waals surface area contributed by atoms with Crippen molar-refractivity contribution in [2.75, 3.05) is 7.11 Å². The van der Waals surface area contributed by atoms with E-state index in [1.165, 1.54) is 7.11 Å². The summed E-state index contributed by atoms with van der Waals surface area (Å²) in [5.41, 5.74) is 6.17. The van der Waals surface area contributed by atoms with Gasteiger partial charge in [-0.25, -0.2) is 0 Å². The third-order valence-electron chi connectivity index (χ3n) is 2.28. The number of rotatable bonds is 3. The predicted octanol–water partition coefficient (Wildman–Crippen LogP) is 0.991. The van der Waals surface area contributed by atoms with Gasteiger partial charge in [-0.1, -0.05) is 12.1 Å². The molecule has 4 heteroatoms. The highest BCUT2D eigenvalue weighted by molar-refractivity contribution is 5.80. The van der Waals surface area contributed by atoms with Crippen molar-refractivity contribution < 1.29 is 9.53 Å². The van der Waals surface area contributed by atoms with E-state index < -0.39 is 11.5 Å². The molecule has 2 N–H and O–H groups in total. The van der Waals surface area contributed by atoms with Crippen LogP contribution in [0.25, 0.3) is 0 Å². The Morgan fingerprint density at radius 1 is 1.62 bits per heavy atom. The molecule has 1 aromatic carbocycles. The van der Waals surface area contributed by atoms with Crippen LogP contribution in [0.3, 0.4) is 0 Å². The average molecular weight is 218 g/mol. The fourth-order valence-corrected chi connectivity index (χ4v) is 1.48. The van der Waals surface area contributed by atoms with Crippen molar-refractivity contribution in [3.8, 4) is 6.07 Å². The van der Waals surface area contributed by atoms with Gasteiger partial charge < -0.3 is 10.5 Å². The smallest absolute Gasteiger partial charge is 0.325 e. The second-order valence-corrected chi connectivity index (χ2v) is 3.90. The summed E-state index contributed by atoms with van der Waals surface area (Å²) in [6.45, 7) is 1.61. The molecule has 0 aliphatic carbocycles. The van der Waals surface area contributed by atoms with E-state index in [1.807, 2.05) is 12.1 Å². The molecule has 0 amide bonds. The van der Waals surface area contributed by atoms with E-state index in [9.17, 15) is 4.79 Å². The normalized spacial score (nSPS) is 13.6. The summed E-state index contributed by atoms with van der Waals surface area (Å²) in [5.74, 6) is -0.463. The van der Waals surface area contributed by atoms with Crippen LogP contribution in [0.4, 0.5) is 0 Å². The number of methoxy groups -OCH3 is 1. The van der Waals surface area contributed by atoms with Crippen molar-refractivity contribution in [3.05, 3.63) is 35.4 Å². The minimum atomic E-state index is -1.07. The molecular formula is C12H14N2O2. The van der Waals surface area contributed by atoms with Crippen LogP contribution in [0.5, 0.6) is 0 Å². The lowest BCUT2D eigenvalue weighted by molar-refractivity contribution is -0.146. The average Bonchev–Trinajstić information content (AvgIpc) is 2.27. The molecular weight excluding hydrogens is 204 g/mol. The SMILES string of the molecule is COC(=O)[C@@](C)(N)Cc1cccc(C#N)c1. The first kappa shape index (κ1) is 12.2. The quantitative estimate of drug-likeness (QED) is 0.767. The number of esters is 1. The van der Waals surface area contributed by atoms with Gasteiger partial charge in [0.25, 0.3) is 0 Å². The first-order valence-electron chi connectivity index (χ1n) is 4.86. The van der Waals surface area contributed by atoms with Gasteiger partial charge in [0.05, 0.1) is 18.7 Å². The van der Waals surface area contributed by atoms with Crippen LogP contribution in [-0.2, 0) is 16.0 Å². The van der Waals surface area contributed by atoms with Gasteiger partial charge in [0, 0.05) is 6.42 Å². The molecule has 0 aliphatic heterocycles. The Morgan fingerprint density at radius 2 is 2.31 bits per heavy atom. The van der Waals surface area contributed by atoms with Crippen LogP contribution in [0.15, 0.2) is 24.3 Å². The number of benzene rings is 1. The highest BCUT2D eigenvalue weighted by Gasteiger charge is 2.29. The summed E-state index contributed by atoms with van der Waals surface area (Å²) in [7, 11) is 1.30. The van der Waals surface area contributed by atoms with Gasteiger partial charge in [-0.3, -0.25) is 4.79 Å². The Morgan fingerprint density at radius 3 is 2.88 bits per heavy atom. The number of hydrogen-bond donors (Lipinski definition) is 1. The molecule has 0 saturated heterocycles. The van der Waals surface area contributed by atoms with Gasteiger partial charge in [0.2, 0.25) is 0 Å². The Labute approximate surface area is 94.6 Å². The fourth-order valence-electron chi connectivity index (χ4n) is 1.48. The lowest BCUT2D eigenvalue weighted by Gasteiger charge is -2.21. The van der Waals surface area contributed by atoms with E-state index in [0.717, 1.165) is 5.56 Å². The molecule has 1 aromatic rings. The number of carbonyl (C=O) groups excluding carboxylic acids is 1. The highest BCUT2D eigenvalue weighted by atomic mass is 16.5. The van der Waals surface area contributed by atoms with Crippen molar-refractivity contribution >= 4 is 5.97 Å². The Balaban J connectivity index is 2.88. The highest BCUT2D eigenvalue weighted by Crippen LogP contribution is 2.13. The maximum atomic E-state index is 11.4. The van der Waals surface area contributed by atoms with Gasteiger partial charge in [-0.2, -0.15) is 5.26 Å². The zero-order valence-corrected chi connectivity index (χ0v) is 9.36. The van der Waals surface area contributed by atoms with E-state index in [1.54, 1.807) is 25.1 Å². The first-order chi connectivity index (χ1) is 7.49. The molecule has 0 heterocycles. The van der Waals surface area contributed by atoms with E-state index in [4.69, 9.17) is 11.0 Å². The Hall–Kier alpha value is -1.86. The van der Waals surface area contributed by atoms with Gasteiger partial charge >= 0.3 is 5.97 Å². The van der Waals surface area contributed by atoms with Crippen LogP contribution < -0.4 is 5.73 Å². The lowest BCUT2D eigenvalue weighted by Crippen LogP contribution is -2.47. The molecule has 0 radical (unpaired) electrons. The van der Waals surface area contributed by atoms with Gasteiger partial charge in [-0.15, -0.1) is 0 Å². The number of nitrogens with zero attached hydrogens (tertiary/aromatic N) is 1. The first-order valence-corrected chi connectivity index (χ1v) is 4.86. The van der Waals surface area contributed by atoms with Crippen molar-refractivity contribution in [1.29, 1.82) is 5.26 Å². The van der Waals surface area contributed by atoms with Gasteiger partial charge in [0.15, 0.2) is 0 Å². The standard InChI is InChI=1S/C12H14N2O2/c1-12(14,11(15)16-2)7-9-4-3-5-10(6-9)8-13/h3-6H,7,14H2,1-2H3/t12-/m0/s1. The topological polar surface area (TPSA) is 76.1 Å². The zero-order valence-electron chi connectivity index (χ0n) is 9.36. The molecule has 0 aliphatic rings. The molecule has 1 rings (SSSR count). The fraction of sp³-hybridized carbons (Fsp3) is 0.333. The molecule has 0 aromatic heterocycles. The Kier molecular flexibility index (Phi) is 3.64. The van der Waals surface area contributed by atoms with Crippen LogP contribution in [0.1, 0.15) is 18.1 Å². The summed E-state index contributed by atoms with van der Waals surface area (Å²) in [6.07, 6.45) is 0.342. The summed E-state index contributed by atoms with van der Waals surface area (Å²) < 4.78 is 4.61. The maximum Gasteiger partial charge on any atom is 0.325 e. The molecule has 0 spiro atoms. The van der Waals surface area contributed by atoms with Crippen molar-refractivity contribution in [1.82, 2.24) is 0 Å². The summed E-state index contributed by atoms with van der Waals surface area (Å²) in [4.78, 5) is 11.4. The van der Waals surface area contributed by atoms with Gasteiger partial charge in [0.1, 0.15) is 5.54 Å². The lowest BCUT2D eigenvalue weighted by atomic mass is 9.93. The third-order valence-corrected chi connectivity index (χ3v) is 2.28. The molecule has 4 nitrogen and oxygen atoms in total. The van der Waals surface area contributed by atoms with Crippen molar-refractivity contribution in [3.63, 3.8) is 0 Å². The molecule has 0 fully saturated rings. The molecule has 0 saturated carbocycles. The van der Waals surface area contributed by atoms with Crippen LogP contribution >= 0.6 is 0 Å². The third kappa shape index (κ3) is 2.81. The number of carbonyl (C=O) groups is 1. The molecule has 1 atom stereocenters. The summed E-state index contributed by atoms with van der Waals surface area (Å²) in [6, 6.07) is 9.05. The second kappa shape index (κ2) is 4.77. The van der Waals surface area contributed by atoms with E-state index in [-0.39, 0.29) is 0 Å². The maximum absolute atomic E-state index is 11.4. The van der Waals surface area contributed by atoms with Gasteiger partial charge in [-0.05, 0) is 24.6 Å². The van der Waals surface area contributed by atoms with Crippen LogP contribution in [-0.4, -0.2) is 18.6 Å². The second-order valence-electron chi connectivity index (χ2n) is 3.90. The minimum absolute atomic E-state index is 0.342. The number of hydrogen-bond acceptors (Lipinski definition) is 4. The molecule has 16 heavy (non-hydrogen) atoms. The minimum Gasteiger partial charge on any atom is -0.468 e. The molecule has 0 bridgehead atoms. The van der Waals surface area contributed by atoms with E-state index >= 15 is 0 Å². The number of ether oxygens (including phenoxy) is 1. The summed E-state index contributed by atoms with van der Waals surface area (Å²) >= 11 is 0. The number of nitriles is 1. The number of nitrogens with two attached hydrogens (primary N) is 1. The van der Waals surface area contributed by atoms with Crippen LogP contribution in [0, 0.1) is 11.3 Å². The van der Waals surface area contributed by atoms with E-state index in [2.05, 4.69) is 4.74 Å². The van der Waals surface area contributed by atoms with Crippen molar-refractivity contribution in [2.24, 2.45) is 5.73 Å². The zero-order chi connectivity index (χ0) is 12.2. The molecule has 84 valence electrons. The largest absolute Gasteiger partial charge is 0.468 e.